The van der Waals surface area contributed by atoms with Crippen molar-refractivity contribution in [1.29, 1.82) is 0 Å². The van der Waals surface area contributed by atoms with Crippen LogP contribution in [0.1, 0.15) is 6.42 Å². The van der Waals surface area contributed by atoms with E-state index in [0.29, 0.717) is 0 Å². The lowest BCUT2D eigenvalue weighted by molar-refractivity contribution is 0.241. The third kappa shape index (κ3) is 2.39. The van der Waals surface area contributed by atoms with Crippen LogP contribution in [0.25, 0.3) is 0 Å². The van der Waals surface area contributed by atoms with Gasteiger partial charge in [0.25, 0.3) is 0 Å². The van der Waals surface area contributed by atoms with Crippen molar-refractivity contribution in [1.82, 2.24) is 5.32 Å². The minimum absolute atomic E-state index is 0.00431. The highest BCUT2D eigenvalue weighted by Gasteiger charge is 2.17. The first-order chi connectivity index (χ1) is 5.22. The number of aliphatic hydroxyl groups is 1. The van der Waals surface area contributed by atoms with Gasteiger partial charge in [0.15, 0.2) is 5.81 Å². The Labute approximate surface area is 66.9 Å². The number of aliphatic hydroxyl groups excluding tert-OH is 1. The van der Waals surface area contributed by atoms with Crippen LogP contribution < -0.4 is 5.32 Å². The van der Waals surface area contributed by atoms with Gasteiger partial charge in [-0.15, -0.1) is 0 Å². The number of hydrogen-bond acceptors (Lipinski definition) is 2. The van der Waals surface area contributed by atoms with E-state index in [1.165, 1.54) is 0 Å². The van der Waals surface area contributed by atoms with Crippen molar-refractivity contribution in [2.45, 2.75) is 12.5 Å². The molecular formula is C7H10BNO2. The molecule has 0 saturated carbocycles. The lowest BCUT2D eigenvalue weighted by Crippen LogP contribution is -2.31. The topological polar surface area (TPSA) is 49.3 Å². The molecule has 0 aliphatic heterocycles. The second-order valence-electron chi connectivity index (χ2n) is 2.68. The quantitative estimate of drug-likeness (QED) is 0.424. The standard InChI is InChI=1S/C7H10BNO2/c8-7(11)9-6-2-1-5(3-6)4-10/h1-2,5-6,10H,3-4H2,(H,9,11). The van der Waals surface area contributed by atoms with E-state index < -0.39 is 5.81 Å². The molecule has 1 aliphatic rings. The average Bonchev–Trinajstić information content (AvgIpc) is 2.34. The summed E-state index contributed by atoms with van der Waals surface area (Å²) in [6.45, 7) is 0.132. The van der Waals surface area contributed by atoms with Crippen molar-refractivity contribution in [3.05, 3.63) is 12.2 Å². The molecular weight excluding hydrogens is 141 g/mol. The van der Waals surface area contributed by atoms with Crippen LogP contribution in [0.15, 0.2) is 12.2 Å². The van der Waals surface area contributed by atoms with Gasteiger partial charge in [-0.3, -0.25) is 4.79 Å². The molecule has 0 bridgehead atoms. The van der Waals surface area contributed by atoms with Gasteiger partial charge in [-0.1, -0.05) is 12.2 Å². The molecule has 0 aromatic rings. The molecule has 4 heteroatoms. The fourth-order valence-corrected chi connectivity index (χ4v) is 1.20. The molecule has 0 aromatic heterocycles. The molecule has 0 fully saturated rings. The zero-order valence-electron chi connectivity index (χ0n) is 6.16. The Kier molecular flexibility index (Phi) is 2.71. The zero-order chi connectivity index (χ0) is 8.27. The molecule has 1 rings (SSSR count). The minimum Gasteiger partial charge on any atom is -0.396 e. The summed E-state index contributed by atoms with van der Waals surface area (Å²) < 4.78 is 0. The maximum absolute atomic E-state index is 10.4. The lowest BCUT2D eigenvalue weighted by atomic mass is 10.1. The molecule has 0 aromatic carbocycles. The molecule has 11 heavy (non-hydrogen) atoms. The summed E-state index contributed by atoms with van der Waals surface area (Å²) in [6, 6.07) is 0.00431. The summed E-state index contributed by atoms with van der Waals surface area (Å²) in [5, 5.41) is 11.3. The van der Waals surface area contributed by atoms with Crippen LogP contribution in [0.3, 0.4) is 0 Å². The van der Waals surface area contributed by atoms with Gasteiger partial charge < -0.3 is 10.4 Å². The van der Waals surface area contributed by atoms with E-state index >= 15 is 0 Å². The molecule has 0 spiro atoms. The van der Waals surface area contributed by atoms with Crippen molar-refractivity contribution in [3.63, 3.8) is 0 Å². The lowest BCUT2D eigenvalue weighted by Gasteiger charge is -2.10. The number of nitrogens with one attached hydrogen (secondary N) is 1. The zero-order valence-corrected chi connectivity index (χ0v) is 6.16. The van der Waals surface area contributed by atoms with Crippen molar-refractivity contribution in [2.24, 2.45) is 5.92 Å². The van der Waals surface area contributed by atoms with Gasteiger partial charge in [0.2, 0.25) is 7.85 Å². The van der Waals surface area contributed by atoms with E-state index in [4.69, 9.17) is 13.0 Å². The summed E-state index contributed by atoms with van der Waals surface area (Å²) in [4.78, 5) is 10.4. The second-order valence-corrected chi connectivity index (χ2v) is 2.68. The van der Waals surface area contributed by atoms with Crippen molar-refractivity contribution in [2.75, 3.05) is 6.61 Å². The Balaban J connectivity index is 2.32. The first-order valence-corrected chi connectivity index (χ1v) is 3.57. The largest absolute Gasteiger partial charge is 0.396 e. The van der Waals surface area contributed by atoms with E-state index in [1.807, 2.05) is 12.2 Å². The molecule has 2 N–H and O–H groups in total. The van der Waals surface area contributed by atoms with E-state index in [2.05, 4.69) is 5.32 Å². The number of hydrogen-bond donors (Lipinski definition) is 2. The maximum Gasteiger partial charge on any atom is 0.200 e. The molecule has 2 radical (unpaired) electrons. The van der Waals surface area contributed by atoms with Gasteiger partial charge in [0.1, 0.15) is 0 Å². The SMILES string of the molecule is [B]C(=O)NC1C=CC(CO)C1. The van der Waals surface area contributed by atoms with Crippen LogP contribution in [-0.4, -0.2) is 31.4 Å². The summed E-state index contributed by atoms with van der Waals surface area (Å²) in [6.07, 6.45) is 4.49. The number of amides is 1. The van der Waals surface area contributed by atoms with Crippen LogP contribution in [0, 0.1) is 5.92 Å². The molecule has 2 atom stereocenters. The van der Waals surface area contributed by atoms with E-state index in [-0.39, 0.29) is 18.6 Å². The second kappa shape index (κ2) is 3.58. The van der Waals surface area contributed by atoms with Crippen LogP contribution >= 0.6 is 0 Å². The first kappa shape index (κ1) is 8.33. The van der Waals surface area contributed by atoms with Crippen molar-refractivity contribution >= 4 is 13.7 Å². The highest BCUT2D eigenvalue weighted by atomic mass is 16.3. The molecule has 0 heterocycles. The molecule has 1 amide bonds. The fraction of sp³-hybridized carbons (Fsp3) is 0.571. The Morgan fingerprint density at radius 1 is 1.73 bits per heavy atom. The van der Waals surface area contributed by atoms with Crippen LogP contribution in [0.5, 0.6) is 0 Å². The molecule has 2 unspecified atom stereocenters. The van der Waals surface area contributed by atoms with Gasteiger partial charge in [0.05, 0.1) is 0 Å². The van der Waals surface area contributed by atoms with Gasteiger partial charge in [0, 0.05) is 18.6 Å². The minimum atomic E-state index is -0.516. The summed E-state index contributed by atoms with van der Waals surface area (Å²) in [7, 11) is 4.91. The van der Waals surface area contributed by atoms with Crippen LogP contribution in [-0.2, 0) is 0 Å². The third-order valence-electron chi connectivity index (χ3n) is 1.73. The van der Waals surface area contributed by atoms with E-state index in [0.717, 1.165) is 6.42 Å². The maximum atomic E-state index is 10.4. The highest BCUT2D eigenvalue weighted by molar-refractivity contribution is 6.57. The molecule has 3 nitrogen and oxygen atoms in total. The molecule has 58 valence electrons. The molecule has 1 aliphatic carbocycles. The van der Waals surface area contributed by atoms with Gasteiger partial charge in [-0.05, 0) is 6.42 Å². The first-order valence-electron chi connectivity index (χ1n) is 3.57. The predicted octanol–water partition coefficient (Wildman–Crippen LogP) is -0.199. The van der Waals surface area contributed by atoms with E-state index in [1.54, 1.807) is 0 Å². The molecule has 0 saturated heterocycles. The van der Waals surface area contributed by atoms with Crippen molar-refractivity contribution in [3.8, 4) is 0 Å². The Hall–Kier alpha value is -0.765. The van der Waals surface area contributed by atoms with Gasteiger partial charge >= 0.3 is 0 Å². The van der Waals surface area contributed by atoms with Crippen molar-refractivity contribution < 1.29 is 9.90 Å². The Bertz CT molecular complexity index is 181. The fourth-order valence-electron chi connectivity index (χ4n) is 1.20. The van der Waals surface area contributed by atoms with Crippen LogP contribution in [0.4, 0.5) is 4.79 Å². The summed E-state index contributed by atoms with van der Waals surface area (Å²) in [5.41, 5.74) is 0. The van der Waals surface area contributed by atoms with Crippen LogP contribution in [0.2, 0.25) is 0 Å². The smallest absolute Gasteiger partial charge is 0.200 e. The normalized spacial score (nSPS) is 28.8. The van der Waals surface area contributed by atoms with Gasteiger partial charge in [-0.2, -0.15) is 0 Å². The Morgan fingerprint density at radius 3 is 2.91 bits per heavy atom. The predicted molar refractivity (Wildman–Crippen MR) is 42.4 cm³/mol. The summed E-state index contributed by atoms with van der Waals surface area (Å²) >= 11 is 0. The summed E-state index contributed by atoms with van der Waals surface area (Å²) in [5.74, 6) is -0.343. The Morgan fingerprint density at radius 2 is 2.45 bits per heavy atom. The average molecular weight is 151 g/mol. The third-order valence-corrected chi connectivity index (χ3v) is 1.73. The van der Waals surface area contributed by atoms with Gasteiger partial charge in [-0.25, -0.2) is 0 Å². The number of carbonyl (C=O) groups excluding carboxylic acids is 1. The highest BCUT2D eigenvalue weighted by Crippen LogP contribution is 2.16. The number of rotatable bonds is 2. The number of carbonyl (C=O) groups is 1. The van der Waals surface area contributed by atoms with E-state index in [9.17, 15) is 4.79 Å². The monoisotopic (exact) mass is 151 g/mol.